The molecule has 1 unspecified atom stereocenters. The first-order chi connectivity index (χ1) is 15.2. The lowest BCUT2D eigenvalue weighted by atomic mass is 9.85. The zero-order chi connectivity index (χ0) is 25.9. The molecule has 1 aromatic rings. The molecule has 0 heterocycles. The van der Waals surface area contributed by atoms with Gasteiger partial charge in [-0.2, -0.15) is 13.2 Å². The molecule has 0 radical (unpaired) electrons. The van der Waals surface area contributed by atoms with Crippen molar-refractivity contribution in [2.75, 3.05) is 6.61 Å². The highest BCUT2D eigenvalue weighted by molar-refractivity contribution is 5.76. The molecule has 0 aliphatic rings. The molecular weight excluding hydrogens is 437 g/mol. The topological polar surface area (TPSA) is 72.8 Å². The number of ether oxygens (including phenoxy) is 2. The van der Waals surface area contributed by atoms with Crippen molar-refractivity contribution in [2.45, 2.75) is 93.0 Å². The van der Waals surface area contributed by atoms with Crippen LogP contribution in [0, 0.1) is 10.8 Å². The van der Waals surface area contributed by atoms with Crippen molar-refractivity contribution < 1.29 is 37.3 Å². The van der Waals surface area contributed by atoms with Crippen molar-refractivity contribution >= 4 is 11.9 Å². The first-order valence-corrected chi connectivity index (χ1v) is 11.4. The second kappa shape index (κ2) is 13.6. The molecule has 33 heavy (non-hydrogen) atoms. The Bertz CT molecular complexity index is 721. The van der Waals surface area contributed by atoms with Crippen LogP contribution in [0.25, 0.3) is 0 Å². The van der Waals surface area contributed by atoms with Gasteiger partial charge in [0.05, 0.1) is 29.1 Å². The van der Waals surface area contributed by atoms with E-state index in [1.807, 2.05) is 34.6 Å². The number of aliphatic carboxylic acids is 1. The van der Waals surface area contributed by atoms with Crippen LogP contribution in [-0.2, 0) is 31.8 Å². The van der Waals surface area contributed by atoms with E-state index in [0.717, 1.165) is 12.1 Å². The zero-order valence-corrected chi connectivity index (χ0v) is 20.8. The fraction of sp³-hybridized carbons (Fsp3) is 0.680. The molecule has 190 valence electrons. The van der Waals surface area contributed by atoms with Gasteiger partial charge in [0.15, 0.2) is 0 Å². The van der Waals surface area contributed by atoms with E-state index < -0.39 is 28.5 Å². The summed E-state index contributed by atoms with van der Waals surface area (Å²) in [5.74, 6) is -0.940. The van der Waals surface area contributed by atoms with E-state index in [4.69, 9.17) is 14.6 Å². The Kier molecular flexibility index (Phi) is 12.7. The number of carbonyl (C=O) groups excluding carboxylic acids is 1. The van der Waals surface area contributed by atoms with Crippen LogP contribution in [-0.4, -0.2) is 29.8 Å². The molecule has 1 aromatic carbocycles. The molecule has 0 aromatic heterocycles. The molecule has 0 bridgehead atoms. The van der Waals surface area contributed by atoms with E-state index in [1.165, 1.54) is 12.1 Å². The maximum atomic E-state index is 12.5. The maximum absolute atomic E-state index is 12.5. The van der Waals surface area contributed by atoms with Crippen LogP contribution in [0.3, 0.4) is 0 Å². The Morgan fingerprint density at radius 1 is 0.909 bits per heavy atom. The van der Waals surface area contributed by atoms with Gasteiger partial charge in [-0.15, -0.1) is 0 Å². The Hall–Kier alpha value is -2.09. The number of hydrogen-bond acceptors (Lipinski definition) is 4. The summed E-state index contributed by atoms with van der Waals surface area (Å²) in [6.07, 6.45) is -1.87. The maximum Gasteiger partial charge on any atom is 0.416 e. The normalized spacial score (nSPS) is 13.0. The Labute approximate surface area is 195 Å². The highest BCUT2D eigenvalue weighted by Crippen LogP contribution is 2.29. The summed E-state index contributed by atoms with van der Waals surface area (Å²) in [6.45, 7) is 13.4. The van der Waals surface area contributed by atoms with Gasteiger partial charge in [0.25, 0.3) is 0 Å². The van der Waals surface area contributed by atoms with E-state index in [2.05, 4.69) is 0 Å². The lowest BCUT2D eigenvalue weighted by Gasteiger charge is -2.25. The van der Waals surface area contributed by atoms with Gasteiger partial charge < -0.3 is 14.6 Å². The van der Waals surface area contributed by atoms with Gasteiger partial charge in [0, 0.05) is 0 Å². The number of carboxylic acids is 1. The molecule has 0 amide bonds. The SMILES string of the molecule is CCC(C)(CC)C(=O)O.CCC(C)(CC)C(=O)OCC(C)OCc1ccc(C(F)(F)F)cc1. The van der Waals surface area contributed by atoms with Crippen LogP contribution in [0.15, 0.2) is 24.3 Å². The van der Waals surface area contributed by atoms with Crippen LogP contribution in [0.4, 0.5) is 13.2 Å². The standard InChI is InChI=1S/C18H25F3O3.C7H14O2/c1-5-17(4,6-2)16(22)24-11-13(3)23-12-14-7-9-15(10-8-14)18(19,20)21;1-4-7(3,5-2)6(8)9/h7-10,13H,5-6,11-12H2,1-4H3;4-5H2,1-3H3,(H,8,9). The van der Waals surface area contributed by atoms with Crippen molar-refractivity contribution in [1.29, 1.82) is 0 Å². The van der Waals surface area contributed by atoms with Gasteiger partial charge in [-0.25, -0.2) is 0 Å². The van der Waals surface area contributed by atoms with E-state index >= 15 is 0 Å². The molecule has 1 atom stereocenters. The summed E-state index contributed by atoms with van der Waals surface area (Å²) in [5.41, 5.74) is -1.05. The summed E-state index contributed by atoms with van der Waals surface area (Å²) < 4.78 is 48.3. The summed E-state index contributed by atoms with van der Waals surface area (Å²) in [7, 11) is 0. The highest BCUT2D eigenvalue weighted by atomic mass is 19.4. The minimum Gasteiger partial charge on any atom is -0.481 e. The van der Waals surface area contributed by atoms with Gasteiger partial charge in [0.1, 0.15) is 6.61 Å². The first-order valence-electron chi connectivity index (χ1n) is 11.4. The van der Waals surface area contributed by atoms with Gasteiger partial charge >= 0.3 is 18.1 Å². The zero-order valence-electron chi connectivity index (χ0n) is 20.8. The van der Waals surface area contributed by atoms with Crippen LogP contribution in [0.5, 0.6) is 0 Å². The lowest BCUT2D eigenvalue weighted by molar-refractivity contribution is -0.159. The number of halogens is 3. The first kappa shape index (κ1) is 30.9. The molecule has 0 aliphatic carbocycles. The van der Waals surface area contributed by atoms with Gasteiger partial charge in [0.2, 0.25) is 0 Å². The molecule has 0 saturated carbocycles. The van der Waals surface area contributed by atoms with Gasteiger partial charge in [-0.1, -0.05) is 39.8 Å². The number of alkyl halides is 3. The van der Waals surface area contributed by atoms with E-state index in [0.29, 0.717) is 31.2 Å². The molecule has 0 saturated heterocycles. The van der Waals surface area contributed by atoms with Crippen LogP contribution in [0.1, 0.15) is 85.3 Å². The minimum absolute atomic E-state index is 0.120. The third-order valence-corrected chi connectivity index (χ3v) is 6.40. The predicted molar refractivity (Wildman–Crippen MR) is 122 cm³/mol. The molecule has 0 fully saturated rings. The van der Waals surface area contributed by atoms with Crippen LogP contribution >= 0.6 is 0 Å². The fourth-order valence-electron chi connectivity index (χ4n) is 2.53. The number of hydrogen-bond donors (Lipinski definition) is 1. The Morgan fingerprint density at radius 2 is 1.36 bits per heavy atom. The van der Waals surface area contributed by atoms with Gasteiger partial charge in [-0.3, -0.25) is 9.59 Å². The molecule has 5 nitrogen and oxygen atoms in total. The number of esters is 1. The predicted octanol–water partition coefficient (Wildman–Crippen LogP) is 6.88. The van der Waals surface area contributed by atoms with Crippen molar-refractivity contribution in [3.8, 4) is 0 Å². The van der Waals surface area contributed by atoms with Crippen LogP contribution in [0.2, 0.25) is 0 Å². The second-order valence-electron chi connectivity index (χ2n) is 8.76. The lowest BCUT2D eigenvalue weighted by Crippen LogP contribution is -2.31. The van der Waals surface area contributed by atoms with E-state index in [1.54, 1.807) is 13.8 Å². The largest absolute Gasteiger partial charge is 0.481 e. The number of rotatable bonds is 11. The molecule has 1 N–H and O–H groups in total. The van der Waals surface area contributed by atoms with Crippen molar-refractivity contribution in [3.05, 3.63) is 35.4 Å². The van der Waals surface area contributed by atoms with Crippen LogP contribution < -0.4 is 0 Å². The van der Waals surface area contributed by atoms with Crippen molar-refractivity contribution in [1.82, 2.24) is 0 Å². The Balaban J connectivity index is 0.000000960. The second-order valence-corrected chi connectivity index (χ2v) is 8.76. The molecule has 8 heteroatoms. The average molecular weight is 477 g/mol. The smallest absolute Gasteiger partial charge is 0.416 e. The average Bonchev–Trinajstić information content (AvgIpc) is 2.79. The van der Waals surface area contributed by atoms with Crippen molar-refractivity contribution in [2.24, 2.45) is 10.8 Å². The number of carboxylic acid groups (broad SMARTS) is 1. The van der Waals surface area contributed by atoms with E-state index in [9.17, 15) is 22.8 Å². The number of carbonyl (C=O) groups is 2. The monoisotopic (exact) mass is 476 g/mol. The summed E-state index contributed by atoms with van der Waals surface area (Å²) in [4.78, 5) is 22.5. The third kappa shape index (κ3) is 10.2. The fourth-order valence-corrected chi connectivity index (χ4v) is 2.53. The molecule has 0 aliphatic heterocycles. The third-order valence-electron chi connectivity index (χ3n) is 6.40. The molecule has 1 rings (SSSR count). The quantitative estimate of drug-likeness (QED) is 0.353. The highest BCUT2D eigenvalue weighted by Gasteiger charge is 2.31. The molecule has 0 spiro atoms. The van der Waals surface area contributed by atoms with Crippen molar-refractivity contribution in [3.63, 3.8) is 0 Å². The minimum atomic E-state index is -4.34. The Morgan fingerprint density at radius 3 is 1.70 bits per heavy atom. The summed E-state index contributed by atoms with van der Waals surface area (Å²) in [6, 6.07) is 4.81. The summed E-state index contributed by atoms with van der Waals surface area (Å²) >= 11 is 0. The summed E-state index contributed by atoms with van der Waals surface area (Å²) in [5, 5.41) is 8.63. The number of benzene rings is 1. The van der Waals surface area contributed by atoms with E-state index in [-0.39, 0.29) is 25.3 Å². The molecular formula is C25H39F3O5. The van der Waals surface area contributed by atoms with Gasteiger partial charge in [-0.05, 0) is 64.2 Å².